The van der Waals surface area contributed by atoms with Gasteiger partial charge in [0.05, 0.1) is 5.69 Å². The van der Waals surface area contributed by atoms with E-state index in [1.165, 1.54) is 6.07 Å². The number of benzene rings is 1. The molecule has 1 aromatic carbocycles. The number of nitrogens with zero attached hydrogens (tertiary/aromatic N) is 1. The van der Waals surface area contributed by atoms with Crippen LogP contribution in [0, 0.1) is 5.82 Å². The summed E-state index contributed by atoms with van der Waals surface area (Å²) in [5.74, 6) is -0.209. The van der Waals surface area contributed by atoms with Gasteiger partial charge in [-0.25, -0.2) is 4.39 Å². The molecule has 1 unspecified atom stereocenters. The molecule has 0 aliphatic rings. The fourth-order valence-electron chi connectivity index (χ4n) is 1.42. The largest absolute Gasteiger partial charge is 0.409 e. The van der Waals surface area contributed by atoms with Crippen molar-refractivity contribution >= 4 is 27.5 Å². The normalized spacial score (nSPS) is 13.5. The van der Waals surface area contributed by atoms with Gasteiger partial charge in [-0.15, -0.1) is 0 Å². The molecule has 1 rings (SSSR count). The minimum absolute atomic E-state index is 0.0680. The van der Waals surface area contributed by atoms with Gasteiger partial charge < -0.3 is 16.3 Å². The van der Waals surface area contributed by atoms with Crippen LogP contribution in [0.4, 0.5) is 10.1 Å². The van der Waals surface area contributed by atoms with Gasteiger partial charge in [0.1, 0.15) is 11.7 Å². The maximum atomic E-state index is 13.6. The number of nitrogens with two attached hydrogens (primary N) is 1. The van der Waals surface area contributed by atoms with Crippen molar-refractivity contribution in [3.63, 3.8) is 0 Å². The molecule has 17 heavy (non-hydrogen) atoms. The van der Waals surface area contributed by atoms with E-state index in [2.05, 4.69) is 26.4 Å². The third kappa shape index (κ3) is 4.22. The van der Waals surface area contributed by atoms with E-state index in [9.17, 15) is 4.39 Å². The monoisotopic (exact) mass is 303 g/mol. The molecule has 0 aromatic heterocycles. The Labute approximate surface area is 108 Å². The van der Waals surface area contributed by atoms with Gasteiger partial charge in [-0.3, -0.25) is 0 Å². The number of hydrogen-bond donors (Lipinski definition) is 3. The van der Waals surface area contributed by atoms with Crippen LogP contribution in [0.15, 0.2) is 27.8 Å². The van der Waals surface area contributed by atoms with Gasteiger partial charge in [0.2, 0.25) is 0 Å². The molecule has 0 bridgehead atoms. The van der Waals surface area contributed by atoms with E-state index in [-0.39, 0.29) is 17.7 Å². The zero-order valence-corrected chi connectivity index (χ0v) is 11.0. The standard InChI is InChI=1S/C11H15BrFN3O/c1-2-8(6-11(14)16-17)15-10-4-3-7(12)5-9(10)13/h3-5,8,15,17H,2,6H2,1H3,(H2,14,16). The molecular weight excluding hydrogens is 289 g/mol. The molecule has 1 aromatic rings. The highest BCUT2D eigenvalue weighted by atomic mass is 79.9. The zero-order chi connectivity index (χ0) is 12.8. The molecule has 0 saturated heterocycles. The van der Waals surface area contributed by atoms with Gasteiger partial charge in [0.25, 0.3) is 0 Å². The maximum Gasteiger partial charge on any atom is 0.147 e. The summed E-state index contributed by atoms with van der Waals surface area (Å²) in [5, 5.41) is 14.4. The lowest BCUT2D eigenvalue weighted by Gasteiger charge is -2.18. The van der Waals surface area contributed by atoms with Crippen molar-refractivity contribution in [3.8, 4) is 0 Å². The molecule has 0 fully saturated rings. The van der Waals surface area contributed by atoms with Crippen LogP contribution in [0.3, 0.4) is 0 Å². The minimum atomic E-state index is -0.336. The van der Waals surface area contributed by atoms with Gasteiger partial charge in [-0.05, 0) is 24.6 Å². The third-order valence-corrected chi connectivity index (χ3v) is 2.86. The Bertz CT molecular complexity index is 412. The van der Waals surface area contributed by atoms with Crippen molar-refractivity contribution in [2.24, 2.45) is 10.9 Å². The maximum absolute atomic E-state index is 13.6. The van der Waals surface area contributed by atoms with Gasteiger partial charge in [0.15, 0.2) is 0 Å². The van der Waals surface area contributed by atoms with Crippen molar-refractivity contribution in [3.05, 3.63) is 28.5 Å². The van der Waals surface area contributed by atoms with Crippen molar-refractivity contribution < 1.29 is 9.60 Å². The molecule has 4 N–H and O–H groups in total. The first-order chi connectivity index (χ1) is 8.06. The predicted octanol–water partition coefficient (Wildman–Crippen LogP) is 2.92. The van der Waals surface area contributed by atoms with Gasteiger partial charge in [-0.2, -0.15) is 0 Å². The number of oxime groups is 1. The topological polar surface area (TPSA) is 70.6 Å². The van der Waals surface area contributed by atoms with E-state index >= 15 is 0 Å². The minimum Gasteiger partial charge on any atom is -0.409 e. The average molecular weight is 304 g/mol. The number of nitrogens with one attached hydrogen (secondary N) is 1. The molecule has 4 nitrogen and oxygen atoms in total. The first kappa shape index (κ1) is 13.8. The Hall–Kier alpha value is -1.30. The second kappa shape index (κ2) is 6.44. The van der Waals surface area contributed by atoms with E-state index in [1.54, 1.807) is 12.1 Å². The Morgan fingerprint density at radius 1 is 1.65 bits per heavy atom. The molecular formula is C11H15BrFN3O. The lowest BCUT2D eigenvalue weighted by molar-refractivity contribution is 0.316. The Balaban J connectivity index is 2.73. The summed E-state index contributed by atoms with van der Waals surface area (Å²) >= 11 is 3.19. The quantitative estimate of drug-likeness (QED) is 0.339. The summed E-state index contributed by atoms with van der Waals surface area (Å²) in [4.78, 5) is 0. The lowest BCUT2D eigenvalue weighted by Crippen LogP contribution is -2.26. The van der Waals surface area contributed by atoms with Crippen LogP contribution >= 0.6 is 15.9 Å². The summed E-state index contributed by atoms with van der Waals surface area (Å²) < 4.78 is 14.2. The van der Waals surface area contributed by atoms with Crippen LogP contribution in [0.25, 0.3) is 0 Å². The number of rotatable bonds is 5. The third-order valence-electron chi connectivity index (χ3n) is 2.37. The van der Waals surface area contributed by atoms with E-state index in [4.69, 9.17) is 10.9 Å². The Morgan fingerprint density at radius 3 is 2.88 bits per heavy atom. The van der Waals surface area contributed by atoms with Gasteiger partial charge >= 0.3 is 0 Å². The second-order valence-corrected chi connectivity index (χ2v) is 4.58. The fraction of sp³-hybridized carbons (Fsp3) is 0.364. The van der Waals surface area contributed by atoms with Crippen LogP contribution in [0.1, 0.15) is 19.8 Å². The highest BCUT2D eigenvalue weighted by Gasteiger charge is 2.11. The van der Waals surface area contributed by atoms with Crippen LogP contribution in [0.5, 0.6) is 0 Å². The van der Waals surface area contributed by atoms with Crippen molar-refractivity contribution in [2.75, 3.05) is 5.32 Å². The summed E-state index contributed by atoms with van der Waals surface area (Å²) in [6.45, 7) is 1.94. The molecule has 1 atom stereocenters. The predicted molar refractivity (Wildman–Crippen MR) is 69.8 cm³/mol. The van der Waals surface area contributed by atoms with Crippen molar-refractivity contribution in [1.29, 1.82) is 0 Å². The fourth-order valence-corrected chi connectivity index (χ4v) is 1.75. The molecule has 0 heterocycles. The molecule has 0 saturated carbocycles. The summed E-state index contributed by atoms with van der Waals surface area (Å²) in [6, 6.07) is 4.72. The van der Waals surface area contributed by atoms with Crippen LogP contribution < -0.4 is 11.1 Å². The van der Waals surface area contributed by atoms with Gasteiger partial charge in [0, 0.05) is 16.9 Å². The molecule has 0 aliphatic heterocycles. The Morgan fingerprint density at radius 2 is 2.35 bits per heavy atom. The van der Waals surface area contributed by atoms with E-state index in [0.29, 0.717) is 16.6 Å². The van der Waals surface area contributed by atoms with Crippen LogP contribution in [-0.2, 0) is 0 Å². The van der Waals surface area contributed by atoms with Crippen molar-refractivity contribution in [1.82, 2.24) is 0 Å². The Kier molecular flexibility index (Phi) is 5.21. The molecule has 0 spiro atoms. The van der Waals surface area contributed by atoms with E-state index < -0.39 is 0 Å². The first-order valence-corrected chi connectivity index (χ1v) is 6.04. The zero-order valence-electron chi connectivity index (χ0n) is 9.45. The molecule has 0 radical (unpaired) electrons. The molecule has 6 heteroatoms. The number of anilines is 1. The molecule has 94 valence electrons. The number of hydrogen-bond acceptors (Lipinski definition) is 3. The lowest BCUT2D eigenvalue weighted by atomic mass is 10.1. The summed E-state index contributed by atoms with van der Waals surface area (Å²) in [5.41, 5.74) is 5.83. The van der Waals surface area contributed by atoms with E-state index in [1.807, 2.05) is 6.92 Å². The average Bonchev–Trinajstić information content (AvgIpc) is 2.31. The highest BCUT2D eigenvalue weighted by molar-refractivity contribution is 9.10. The van der Waals surface area contributed by atoms with E-state index in [0.717, 1.165) is 6.42 Å². The number of amidine groups is 1. The summed E-state index contributed by atoms with van der Waals surface area (Å²) in [7, 11) is 0. The highest BCUT2D eigenvalue weighted by Crippen LogP contribution is 2.21. The van der Waals surface area contributed by atoms with Crippen LogP contribution in [0.2, 0.25) is 0 Å². The van der Waals surface area contributed by atoms with Crippen molar-refractivity contribution in [2.45, 2.75) is 25.8 Å². The first-order valence-electron chi connectivity index (χ1n) is 5.24. The van der Waals surface area contributed by atoms with Crippen LogP contribution in [-0.4, -0.2) is 17.1 Å². The molecule has 0 amide bonds. The SMILES string of the molecule is CCC(CC(N)=NO)Nc1ccc(Br)cc1F. The summed E-state index contributed by atoms with van der Waals surface area (Å²) in [6.07, 6.45) is 1.11. The second-order valence-electron chi connectivity index (χ2n) is 3.67. The van der Waals surface area contributed by atoms with Gasteiger partial charge in [-0.1, -0.05) is 28.0 Å². The smallest absolute Gasteiger partial charge is 0.147 e. The number of halogens is 2. The molecule has 0 aliphatic carbocycles.